The third-order valence-electron chi connectivity index (χ3n) is 7.24. The van der Waals surface area contributed by atoms with Gasteiger partial charge in [0, 0.05) is 24.1 Å². The number of nitrogens with zero attached hydrogens (tertiary/aromatic N) is 2. The SMILES string of the molecule is COc1cccc(OC)c1C1=CC(C)(C(=O)O)CC(C(=O)O)=C1.O=C1CCCN1Cc1cccc(-c2ccccc2)n1. The Labute approximate surface area is 244 Å². The summed E-state index contributed by atoms with van der Waals surface area (Å²) in [6, 6.07) is 21.3. The first-order valence-electron chi connectivity index (χ1n) is 13.6. The second kappa shape index (κ2) is 13.2. The predicted octanol–water partition coefficient (Wildman–Crippen LogP) is 5.46. The largest absolute Gasteiger partial charge is 0.496 e. The fourth-order valence-corrected chi connectivity index (χ4v) is 5.03. The van der Waals surface area contributed by atoms with E-state index in [0.717, 1.165) is 29.9 Å². The van der Waals surface area contributed by atoms with Gasteiger partial charge >= 0.3 is 11.9 Å². The van der Waals surface area contributed by atoms with E-state index in [1.54, 1.807) is 24.3 Å². The Morgan fingerprint density at radius 2 is 1.62 bits per heavy atom. The number of hydrogen-bond acceptors (Lipinski definition) is 6. The van der Waals surface area contributed by atoms with Gasteiger partial charge in [-0.15, -0.1) is 0 Å². The molecule has 1 fully saturated rings. The highest BCUT2D eigenvalue weighted by atomic mass is 16.5. The van der Waals surface area contributed by atoms with E-state index < -0.39 is 17.4 Å². The molecule has 1 atom stereocenters. The van der Waals surface area contributed by atoms with E-state index in [9.17, 15) is 24.6 Å². The lowest BCUT2D eigenvalue weighted by Gasteiger charge is -2.27. The molecule has 1 aromatic heterocycles. The van der Waals surface area contributed by atoms with Gasteiger partial charge in [-0.3, -0.25) is 14.6 Å². The molecule has 0 saturated carbocycles. The molecule has 218 valence electrons. The minimum atomic E-state index is -1.32. The summed E-state index contributed by atoms with van der Waals surface area (Å²) in [6.45, 7) is 2.97. The number of methoxy groups -OCH3 is 2. The summed E-state index contributed by atoms with van der Waals surface area (Å²) in [6.07, 6.45) is 4.57. The molecular formula is C33H34N2O7. The van der Waals surface area contributed by atoms with Crippen LogP contribution in [-0.2, 0) is 20.9 Å². The molecule has 2 aromatic carbocycles. The average molecular weight is 571 g/mol. The maximum atomic E-state index is 11.6. The Bertz CT molecular complexity index is 1510. The lowest BCUT2D eigenvalue weighted by Crippen LogP contribution is -2.29. The number of aromatic nitrogens is 1. The van der Waals surface area contributed by atoms with Crippen LogP contribution in [0.15, 0.2) is 84.5 Å². The number of allylic oxidation sites excluding steroid dienone is 2. The number of pyridine rings is 1. The van der Waals surface area contributed by atoms with Crippen LogP contribution in [0.25, 0.3) is 16.8 Å². The monoisotopic (exact) mass is 570 g/mol. The van der Waals surface area contributed by atoms with Gasteiger partial charge < -0.3 is 24.6 Å². The summed E-state index contributed by atoms with van der Waals surface area (Å²) in [7, 11) is 2.97. The van der Waals surface area contributed by atoms with Gasteiger partial charge in [0.1, 0.15) is 11.5 Å². The smallest absolute Gasteiger partial charge is 0.331 e. The van der Waals surface area contributed by atoms with E-state index in [-0.39, 0.29) is 17.9 Å². The lowest BCUT2D eigenvalue weighted by molar-refractivity contribution is -0.145. The average Bonchev–Trinajstić information content (AvgIpc) is 3.40. The first-order chi connectivity index (χ1) is 20.1. The molecule has 42 heavy (non-hydrogen) atoms. The zero-order valence-electron chi connectivity index (χ0n) is 23.9. The molecule has 0 spiro atoms. The van der Waals surface area contributed by atoms with Crippen LogP contribution >= 0.6 is 0 Å². The van der Waals surface area contributed by atoms with Crippen molar-refractivity contribution in [3.8, 4) is 22.8 Å². The van der Waals surface area contributed by atoms with Crippen LogP contribution < -0.4 is 9.47 Å². The lowest BCUT2D eigenvalue weighted by atomic mass is 9.76. The molecule has 1 aliphatic carbocycles. The van der Waals surface area contributed by atoms with E-state index in [1.165, 1.54) is 27.2 Å². The maximum Gasteiger partial charge on any atom is 0.331 e. The second-order valence-corrected chi connectivity index (χ2v) is 10.3. The van der Waals surface area contributed by atoms with Gasteiger partial charge in [0.15, 0.2) is 0 Å². The van der Waals surface area contributed by atoms with E-state index in [2.05, 4.69) is 4.98 Å². The Morgan fingerprint density at radius 3 is 2.19 bits per heavy atom. The molecule has 1 unspecified atom stereocenters. The summed E-state index contributed by atoms with van der Waals surface area (Å²) in [5.74, 6) is -1.03. The number of carbonyl (C=O) groups excluding carboxylic acids is 1. The number of benzene rings is 2. The molecule has 2 N–H and O–H groups in total. The first kappa shape index (κ1) is 30.0. The van der Waals surface area contributed by atoms with Crippen LogP contribution in [0.5, 0.6) is 11.5 Å². The van der Waals surface area contributed by atoms with Crippen molar-refractivity contribution in [3.05, 3.63) is 95.7 Å². The number of amides is 1. The number of aliphatic carboxylic acids is 2. The van der Waals surface area contributed by atoms with Crippen LogP contribution in [-0.4, -0.2) is 58.7 Å². The van der Waals surface area contributed by atoms with Crippen LogP contribution in [0.4, 0.5) is 0 Å². The number of hydrogen-bond donors (Lipinski definition) is 2. The summed E-state index contributed by atoms with van der Waals surface area (Å²) in [5.41, 5.74) is 2.72. The highest BCUT2D eigenvalue weighted by Gasteiger charge is 2.37. The standard InChI is InChI=1S/C17H18O6.C16H16N2O/c1-17(16(20)21)8-10(7-11(9-17)15(18)19)14-12(22-2)5-4-6-13(14)23-3;19-16-10-5-11-18(16)12-14-8-4-9-15(17-14)13-6-2-1-3-7-13/h4-8H,9H2,1-3H3,(H,18,19)(H,20,21);1-4,6-9H,5,10-12H2. The number of carbonyl (C=O) groups is 3. The molecule has 1 aliphatic heterocycles. The molecule has 0 bridgehead atoms. The molecule has 0 radical (unpaired) electrons. The zero-order valence-corrected chi connectivity index (χ0v) is 23.9. The molecule has 9 heteroatoms. The summed E-state index contributed by atoms with van der Waals surface area (Å²) in [5, 5.41) is 18.8. The van der Waals surface area contributed by atoms with Crippen molar-refractivity contribution >= 4 is 23.4 Å². The number of carboxylic acid groups (broad SMARTS) is 2. The number of ether oxygens (including phenoxy) is 2. The molecular weight excluding hydrogens is 536 g/mol. The van der Waals surface area contributed by atoms with Gasteiger partial charge in [0.25, 0.3) is 0 Å². The Balaban J connectivity index is 0.000000196. The van der Waals surface area contributed by atoms with Gasteiger partial charge in [-0.2, -0.15) is 0 Å². The maximum absolute atomic E-state index is 11.6. The van der Waals surface area contributed by atoms with Crippen LogP contribution in [0.3, 0.4) is 0 Å². The number of rotatable bonds is 8. The molecule has 5 rings (SSSR count). The van der Waals surface area contributed by atoms with Gasteiger partial charge in [-0.1, -0.05) is 48.5 Å². The van der Waals surface area contributed by atoms with E-state index in [0.29, 0.717) is 35.6 Å². The second-order valence-electron chi connectivity index (χ2n) is 10.3. The normalized spacial score (nSPS) is 17.9. The van der Waals surface area contributed by atoms with Gasteiger partial charge in [0.05, 0.1) is 43.1 Å². The fraction of sp³-hybridized carbons (Fsp3) is 0.273. The molecule has 2 aliphatic rings. The van der Waals surface area contributed by atoms with Crippen molar-refractivity contribution in [3.63, 3.8) is 0 Å². The highest BCUT2D eigenvalue weighted by Crippen LogP contribution is 2.43. The zero-order chi connectivity index (χ0) is 30.3. The highest BCUT2D eigenvalue weighted by molar-refractivity contribution is 5.97. The molecule has 2 heterocycles. The van der Waals surface area contributed by atoms with E-state index in [4.69, 9.17) is 9.47 Å². The molecule has 1 amide bonds. The molecule has 3 aromatic rings. The van der Waals surface area contributed by atoms with Crippen molar-refractivity contribution in [1.82, 2.24) is 9.88 Å². The Morgan fingerprint density at radius 1 is 0.952 bits per heavy atom. The molecule has 1 saturated heterocycles. The minimum Gasteiger partial charge on any atom is -0.496 e. The van der Waals surface area contributed by atoms with Crippen molar-refractivity contribution in [1.29, 1.82) is 0 Å². The van der Waals surface area contributed by atoms with Crippen LogP contribution in [0, 0.1) is 5.41 Å². The first-order valence-corrected chi connectivity index (χ1v) is 13.6. The minimum absolute atomic E-state index is 0.0281. The summed E-state index contributed by atoms with van der Waals surface area (Å²) < 4.78 is 10.6. The summed E-state index contributed by atoms with van der Waals surface area (Å²) in [4.78, 5) is 41.2. The third kappa shape index (κ3) is 6.86. The predicted molar refractivity (Wildman–Crippen MR) is 158 cm³/mol. The van der Waals surface area contributed by atoms with E-state index >= 15 is 0 Å². The van der Waals surface area contributed by atoms with Crippen molar-refractivity contribution in [2.45, 2.75) is 32.7 Å². The molecule has 9 nitrogen and oxygen atoms in total. The topological polar surface area (TPSA) is 126 Å². The summed E-state index contributed by atoms with van der Waals surface area (Å²) >= 11 is 0. The number of carboxylic acids is 2. The van der Waals surface area contributed by atoms with Crippen molar-refractivity contribution in [2.24, 2.45) is 5.41 Å². The van der Waals surface area contributed by atoms with Gasteiger partial charge in [-0.05, 0) is 55.7 Å². The van der Waals surface area contributed by atoms with Gasteiger partial charge in [-0.25, -0.2) is 4.79 Å². The Kier molecular flexibility index (Phi) is 9.42. The fourth-order valence-electron chi connectivity index (χ4n) is 5.03. The third-order valence-corrected chi connectivity index (χ3v) is 7.24. The van der Waals surface area contributed by atoms with Crippen LogP contribution in [0.1, 0.15) is 37.4 Å². The van der Waals surface area contributed by atoms with E-state index in [1.807, 2.05) is 53.4 Å². The Hall–Kier alpha value is -4.92. The van der Waals surface area contributed by atoms with Gasteiger partial charge in [0.2, 0.25) is 5.91 Å². The van der Waals surface area contributed by atoms with Crippen molar-refractivity contribution in [2.75, 3.05) is 20.8 Å². The quantitative estimate of drug-likeness (QED) is 0.366. The van der Waals surface area contributed by atoms with Crippen molar-refractivity contribution < 1.29 is 34.1 Å². The van der Waals surface area contributed by atoms with Crippen LogP contribution in [0.2, 0.25) is 0 Å². The number of likely N-dealkylation sites (tertiary alicyclic amines) is 1.